The van der Waals surface area contributed by atoms with Gasteiger partial charge in [0.05, 0.1) is 0 Å². The average molecular weight is 470 g/mol. The minimum absolute atomic E-state index is 0. The van der Waals surface area contributed by atoms with Crippen molar-refractivity contribution < 1.29 is 20.0 Å². The number of aromatic nitrogens is 6. The number of aromatic amines is 3. The second-order valence-electron chi connectivity index (χ2n) is 12.4. The molecule has 3 aromatic heterocycles. The summed E-state index contributed by atoms with van der Waals surface area (Å²) in [6.45, 7) is 26.9. The zero-order valence-electron chi connectivity index (χ0n) is 22.9. The Morgan fingerprint density at radius 1 is 0.545 bits per heavy atom. The monoisotopic (exact) mass is 469 g/mol. The van der Waals surface area contributed by atoms with E-state index in [4.69, 9.17) is 0 Å². The Bertz CT molecular complexity index is 954. The molecule has 33 heavy (non-hydrogen) atoms. The number of halogens is 1. The fourth-order valence-corrected chi connectivity index (χ4v) is 4.12. The molecule has 0 saturated heterocycles. The van der Waals surface area contributed by atoms with Crippen LogP contribution in [0.25, 0.3) is 0 Å². The van der Waals surface area contributed by atoms with Gasteiger partial charge in [-0.2, -0.15) is 15.3 Å². The standard InChI is InChI=1S/C24H40BN6.FH.Mg/c1-16-13-19(22(4,5)6)26-29(16)25(30-17(2)14-20(27-30)23(7,8)9)31-18(3)15-21(28-31)24(10,11)12;;/h13-15,25H,1-12H3;1H;/q-1;;+2/p+2. The van der Waals surface area contributed by atoms with Crippen LogP contribution in [0.4, 0.5) is 0 Å². The number of nitrogens with one attached hydrogen (secondary N) is 3. The summed E-state index contributed by atoms with van der Waals surface area (Å²) in [5.41, 5.74) is 7.55. The summed E-state index contributed by atoms with van der Waals surface area (Å²) >= 11 is 0. The zero-order chi connectivity index (χ0) is 23.5. The molecule has 0 aliphatic heterocycles. The van der Waals surface area contributed by atoms with Crippen molar-refractivity contribution in [1.82, 2.24) is 13.8 Å². The van der Waals surface area contributed by atoms with E-state index in [0.717, 1.165) is 0 Å². The topological polar surface area (TPSA) is 57.2 Å². The van der Waals surface area contributed by atoms with Gasteiger partial charge < -0.3 is 4.70 Å². The number of rotatable bonds is 3. The van der Waals surface area contributed by atoms with E-state index >= 15 is 0 Å². The van der Waals surface area contributed by atoms with Gasteiger partial charge in [-0.15, -0.1) is 0 Å². The summed E-state index contributed by atoms with van der Waals surface area (Å²) in [7, 11) is -1.25. The second-order valence-corrected chi connectivity index (χ2v) is 12.4. The molecule has 0 amide bonds. The summed E-state index contributed by atoms with van der Waals surface area (Å²) in [6, 6.07) is 6.85. The van der Waals surface area contributed by atoms with Crippen LogP contribution < -0.4 is 20.0 Å². The summed E-state index contributed by atoms with van der Waals surface area (Å²) in [6.07, 6.45) is 0. The molecule has 3 rings (SSSR count). The maximum absolute atomic E-state index is 3.74. The van der Waals surface area contributed by atoms with Crippen LogP contribution in [0.3, 0.4) is 0 Å². The molecule has 9 heteroatoms. The Morgan fingerprint density at radius 2 is 0.758 bits per heavy atom. The molecule has 0 fully saturated rings. The van der Waals surface area contributed by atoms with Gasteiger partial charge >= 0.3 is 30.2 Å². The second kappa shape index (κ2) is 9.56. The van der Waals surface area contributed by atoms with Gasteiger partial charge in [-0.05, 0) is 20.8 Å². The molecule has 0 aromatic carbocycles. The van der Waals surface area contributed by atoms with E-state index in [9.17, 15) is 0 Å². The molecule has 0 aliphatic carbocycles. The number of H-pyrrole nitrogens is 3. The van der Waals surface area contributed by atoms with Gasteiger partial charge in [0.2, 0.25) is 17.1 Å². The first kappa shape index (κ1) is 29.4. The summed E-state index contributed by atoms with van der Waals surface area (Å²) in [5.74, 6) is 0. The van der Waals surface area contributed by atoms with E-state index in [1.165, 1.54) is 34.2 Å². The Kier molecular flexibility index (Phi) is 8.53. The van der Waals surface area contributed by atoms with Crippen LogP contribution in [0.15, 0.2) is 18.2 Å². The van der Waals surface area contributed by atoms with Crippen LogP contribution >= 0.6 is 0 Å². The van der Waals surface area contributed by atoms with Crippen molar-refractivity contribution in [3.63, 3.8) is 0 Å². The predicted molar refractivity (Wildman–Crippen MR) is 132 cm³/mol. The van der Waals surface area contributed by atoms with Gasteiger partial charge in [0.1, 0.15) is 0 Å². The van der Waals surface area contributed by atoms with Gasteiger partial charge in [0.15, 0.2) is 0 Å². The van der Waals surface area contributed by atoms with Crippen molar-refractivity contribution in [2.45, 2.75) is 99.3 Å². The first-order valence-corrected chi connectivity index (χ1v) is 11.5. The Morgan fingerprint density at radius 3 is 0.909 bits per heavy atom. The van der Waals surface area contributed by atoms with E-state index in [-0.39, 0.29) is 44.0 Å². The third-order valence-electron chi connectivity index (χ3n) is 6.38. The van der Waals surface area contributed by atoms with Crippen LogP contribution in [-0.4, -0.2) is 43.9 Å². The van der Waals surface area contributed by atoms with Gasteiger partial charge in [-0.1, -0.05) is 62.3 Å². The largest absolute Gasteiger partial charge is 2.00 e. The minimum Gasteiger partial charge on any atom is -1.00 e. The fraction of sp³-hybridized carbons (Fsp3) is 0.625. The molecular weight excluding hydrogens is 426 g/mol. The number of nitrogens with zero attached hydrogens (tertiary/aromatic N) is 3. The Hall–Kier alpha value is -1.61. The van der Waals surface area contributed by atoms with Crippen LogP contribution in [0, 0.1) is 20.8 Å². The molecule has 0 saturated carbocycles. The molecule has 0 unspecified atom stereocenters. The van der Waals surface area contributed by atoms with E-state index in [2.05, 4.69) is 130 Å². The SMILES string of the molecule is Cc1cc(C(C)(C)C)[nH+]n1[BH-](n1[nH+]c(C(C)(C)C)cc1C)n1[nH+]c(C(C)(C)C)cc1C.[F-].[Mg+2]. The van der Waals surface area contributed by atoms with Crippen LogP contribution in [0.1, 0.15) is 96.5 Å². The van der Waals surface area contributed by atoms with Crippen molar-refractivity contribution in [3.05, 3.63) is 52.4 Å². The number of hydrogen-bond donors (Lipinski definition) is 0. The third-order valence-corrected chi connectivity index (χ3v) is 6.38. The molecule has 3 aromatic rings. The smallest absolute Gasteiger partial charge is 1.00 e. The molecule has 3 heterocycles. The zero-order valence-corrected chi connectivity index (χ0v) is 24.3. The molecule has 6 nitrogen and oxygen atoms in total. The summed E-state index contributed by atoms with van der Waals surface area (Å²) in [4.78, 5) is 0. The van der Waals surface area contributed by atoms with Crippen molar-refractivity contribution in [1.29, 1.82) is 0 Å². The number of aryl methyl sites for hydroxylation is 3. The minimum atomic E-state index is -1.25. The van der Waals surface area contributed by atoms with E-state index < -0.39 is 7.12 Å². The van der Waals surface area contributed by atoms with E-state index in [1.807, 2.05) is 0 Å². The Labute approximate surface area is 215 Å². The van der Waals surface area contributed by atoms with Crippen LogP contribution in [0.2, 0.25) is 0 Å². The predicted octanol–water partition coefficient (Wildman–Crippen LogP) is -0.364. The van der Waals surface area contributed by atoms with Crippen molar-refractivity contribution in [2.75, 3.05) is 0 Å². The third kappa shape index (κ3) is 5.91. The molecule has 0 radical (unpaired) electrons. The van der Waals surface area contributed by atoms with Crippen molar-refractivity contribution in [3.8, 4) is 0 Å². The maximum atomic E-state index is 3.74. The normalized spacial score (nSPS) is 12.6. The van der Waals surface area contributed by atoms with Gasteiger partial charge in [0, 0.05) is 51.5 Å². The number of hydrogen-bond acceptors (Lipinski definition) is 0. The van der Waals surface area contributed by atoms with Crippen molar-refractivity contribution in [2.24, 2.45) is 0 Å². The molecule has 0 bridgehead atoms. The quantitative estimate of drug-likeness (QED) is 0.471. The molecule has 0 aliphatic rings. The summed E-state index contributed by atoms with van der Waals surface area (Å²) < 4.78 is 7.02. The van der Waals surface area contributed by atoms with E-state index in [0.29, 0.717) is 0 Å². The Balaban J connectivity index is 0.00000272. The van der Waals surface area contributed by atoms with Crippen molar-refractivity contribution >= 4 is 30.2 Å². The fourth-order valence-electron chi connectivity index (χ4n) is 4.12. The first-order valence-electron chi connectivity index (χ1n) is 11.5. The van der Waals surface area contributed by atoms with Gasteiger partial charge in [-0.25, -0.2) is 0 Å². The molecule has 178 valence electrons. The molecular formula is C24H43BFMgN6+3. The average Bonchev–Trinajstić information content (AvgIpc) is 3.26. The summed E-state index contributed by atoms with van der Waals surface area (Å²) in [5, 5.41) is 11.2. The van der Waals surface area contributed by atoms with E-state index in [1.54, 1.807) is 0 Å². The molecule has 0 atom stereocenters. The van der Waals surface area contributed by atoms with Crippen LogP contribution in [0.5, 0.6) is 0 Å². The van der Waals surface area contributed by atoms with Gasteiger partial charge in [-0.3, -0.25) is 13.8 Å². The molecule has 3 N–H and O–H groups in total. The maximum Gasteiger partial charge on any atom is 2.00 e. The molecule has 0 spiro atoms. The van der Waals surface area contributed by atoms with Crippen LogP contribution in [-0.2, 0) is 16.2 Å². The van der Waals surface area contributed by atoms with Gasteiger partial charge in [0.25, 0.3) is 0 Å². The first-order chi connectivity index (χ1) is 14.0.